The molecule has 3 N–H and O–H groups in total. The maximum Gasteiger partial charge on any atom is 0.251 e. The maximum atomic E-state index is 14.7. The van der Waals surface area contributed by atoms with Gasteiger partial charge in [-0.2, -0.15) is 9.37 Å². The Balaban J connectivity index is 1.90. The van der Waals surface area contributed by atoms with Gasteiger partial charge in [-0.25, -0.2) is 9.37 Å². The van der Waals surface area contributed by atoms with Gasteiger partial charge in [0.2, 0.25) is 5.95 Å². The van der Waals surface area contributed by atoms with Gasteiger partial charge in [-0.15, -0.1) is 0 Å². The third kappa shape index (κ3) is 2.67. The summed E-state index contributed by atoms with van der Waals surface area (Å²) < 4.78 is 28.9. The minimum atomic E-state index is -0.824. The molecule has 1 amide bonds. The van der Waals surface area contributed by atoms with Crippen molar-refractivity contribution in [3.05, 3.63) is 65.4 Å². The summed E-state index contributed by atoms with van der Waals surface area (Å²) in [6.45, 7) is 0.469. The Morgan fingerprint density at radius 2 is 1.77 bits per heavy atom. The van der Waals surface area contributed by atoms with E-state index in [1.165, 1.54) is 6.07 Å². The number of rotatable bonds is 2. The SMILES string of the molecule is Nc1nc(F)c(-c2ccccc2)nc1-c1cc2c(cc1F)C(=O)NCC2. The Kier molecular flexibility index (Phi) is 3.84. The monoisotopic (exact) mass is 352 g/mol. The van der Waals surface area contributed by atoms with Crippen molar-refractivity contribution in [1.82, 2.24) is 15.3 Å². The van der Waals surface area contributed by atoms with Crippen molar-refractivity contribution in [2.45, 2.75) is 6.42 Å². The van der Waals surface area contributed by atoms with Crippen LogP contribution in [0.15, 0.2) is 42.5 Å². The number of carbonyl (C=O) groups excluding carboxylic acids is 1. The zero-order valence-corrected chi connectivity index (χ0v) is 13.6. The Morgan fingerprint density at radius 1 is 1.00 bits per heavy atom. The quantitative estimate of drug-likeness (QED) is 0.743. The number of nitrogens with one attached hydrogen (secondary N) is 1. The predicted octanol–water partition coefficient (Wildman–Crippen LogP) is 2.96. The zero-order valence-electron chi connectivity index (χ0n) is 13.6. The lowest BCUT2D eigenvalue weighted by molar-refractivity contribution is 0.0945. The summed E-state index contributed by atoms with van der Waals surface area (Å²) in [5.74, 6) is -2.01. The highest BCUT2D eigenvalue weighted by Crippen LogP contribution is 2.32. The number of fused-ring (bicyclic) bond motifs is 1. The van der Waals surface area contributed by atoms with Crippen molar-refractivity contribution >= 4 is 11.7 Å². The Morgan fingerprint density at radius 3 is 2.54 bits per heavy atom. The molecule has 0 fully saturated rings. The molecule has 130 valence electrons. The fourth-order valence-electron chi connectivity index (χ4n) is 3.03. The van der Waals surface area contributed by atoms with Gasteiger partial charge in [0.05, 0.1) is 0 Å². The van der Waals surface area contributed by atoms with E-state index >= 15 is 0 Å². The minimum absolute atomic E-state index is 0.00957. The average molecular weight is 352 g/mol. The van der Waals surface area contributed by atoms with E-state index in [4.69, 9.17) is 5.73 Å². The van der Waals surface area contributed by atoms with E-state index in [1.54, 1.807) is 30.3 Å². The lowest BCUT2D eigenvalue weighted by atomic mass is 9.96. The molecular weight excluding hydrogens is 338 g/mol. The molecule has 1 aliphatic heterocycles. The average Bonchev–Trinajstić information content (AvgIpc) is 2.63. The molecule has 0 saturated carbocycles. The number of hydrogen-bond donors (Lipinski definition) is 2. The number of amides is 1. The number of carbonyl (C=O) groups is 1. The smallest absolute Gasteiger partial charge is 0.251 e. The van der Waals surface area contributed by atoms with Crippen molar-refractivity contribution in [3.63, 3.8) is 0 Å². The predicted molar refractivity (Wildman–Crippen MR) is 93.3 cm³/mol. The lowest BCUT2D eigenvalue weighted by Gasteiger charge is -2.18. The topological polar surface area (TPSA) is 80.9 Å². The highest BCUT2D eigenvalue weighted by atomic mass is 19.1. The Bertz CT molecular complexity index is 1020. The van der Waals surface area contributed by atoms with Crippen LogP contribution in [-0.2, 0) is 6.42 Å². The summed E-state index contributed by atoms with van der Waals surface area (Å²) in [6.07, 6.45) is 0.564. The van der Waals surface area contributed by atoms with Gasteiger partial charge in [-0.05, 0) is 24.1 Å². The first-order chi connectivity index (χ1) is 12.5. The zero-order chi connectivity index (χ0) is 18.3. The molecule has 0 atom stereocenters. The Hall–Kier alpha value is -3.35. The van der Waals surface area contributed by atoms with Crippen molar-refractivity contribution in [2.75, 3.05) is 12.3 Å². The number of aromatic nitrogens is 2. The molecule has 26 heavy (non-hydrogen) atoms. The first kappa shape index (κ1) is 16.1. The van der Waals surface area contributed by atoms with Crippen LogP contribution in [-0.4, -0.2) is 22.4 Å². The van der Waals surface area contributed by atoms with Crippen molar-refractivity contribution < 1.29 is 13.6 Å². The number of hydrogen-bond acceptors (Lipinski definition) is 4. The minimum Gasteiger partial charge on any atom is -0.382 e. The third-order valence-corrected chi connectivity index (χ3v) is 4.30. The van der Waals surface area contributed by atoms with Gasteiger partial charge in [0.1, 0.15) is 17.2 Å². The molecule has 2 heterocycles. The Labute approximate surface area is 147 Å². The van der Waals surface area contributed by atoms with Crippen molar-refractivity contribution in [2.24, 2.45) is 0 Å². The van der Waals surface area contributed by atoms with Crippen LogP contribution in [0.1, 0.15) is 15.9 Å². The van der Waals surface area contributed by atoms with Crippen LogP contribution in [0.25, 0.3) is 22.5 Å². The van der Waals surface area contributed by atoms with Gasteiger partial charge >= 0.3 is 0 Å². The van der Waals surface area contributed by atoms with E-state index in [-0.39, 0.29) is 34.2 Å². The molecule has 0 unspecified atom stereocenters. The summed E-state index contributed by atoms with van der Waals surface area (Å²) in [4.78, 5) is 19.8. The summed E-state index contributed by atoms with van der Waals surface area (Å²) >= 11 is 0. The van der Waals surface area contributed by atoms with E-state index in [1.807, 2.05) is 0 Å². The lowest BCUT2D eigenvalue weighted by Crippen LogP contribution is -2.32. The number of nitrogens with zero attached hydrogens (tertiary/aromatic N) is 2. The van der Waals surface area contributed by atoms with Crippen LogP contribution in [0.2, 0.25) is 0 Å². The van der Waals surface area contributed by atoms with Crippen molar-refractivity contribution in [1.29, 1.82) is 0 Å². The highest BCUT2D eigenvalue weighted by molar-refractivity contribution is 5.97. The van der Waals surface area contributed by atoms with Gasteiger partial charge in [0.15, 0.2) is 5.82 Å². The molecule has 0 aliphatic carbocycles. The summed E-state index contributed by atoms with van der Waals surface area (Å²) in [7, 11) is 0. The van der Waals surface area contributed by atoms with E-state index in [9.17, 15) is 13.6 Å². The highest BCUT2D eigenvalue weighted by Gasteiger charge is 2.23. The second kappa shape index (κ2) is 6.18. The molecule has 2 aromatic carbocycles. The van der Waals surface area contributed by atoms with Crippen molar-refractivity contribution in [3.8, 4) is 22.5 Å². The molecule has 1 aliphatic rings. The number of anilines is 1. The molecular formula is C19H14F2N4O. The van der Waals surface area contributed by atoms with Gasteiger partial charge in [0, 0.05) is 23.2 Å². The second-order valence-electron chi connectivity index (χ2n) is 5.96. The van der Waals surface area contributed by atoms with E-state index in [2.05, 4.69) is 15.3 Å². The fraction of sp³-hybridized carbons (Fsp3) is 0.105. The number of halogens is 2. The molecule has 5 nitrogen and oxygen atoms in total. The first-order valence-corrected chi connectivity index (χ1v) is 8.04. The first-order valence-electron chi connectivity index (χ1n) is 8.04. The van der Waals surface area contributed by atoms with Crippen LogP contribution in [0.5, 0.6) is 0 Å². The second-order valence-corrected chi connectivity index (χ2v) is 5.96. The van der Waals surface area contributed by atoms with Crippen LogP contribution in [0.4, 0.5) is 14.6 Å². The molecule has 3 aromatic rings. The number of benzene rings is 2. The van der Waals surface area contributed by atoms with E-state index in [0.29, 0.717) is 24.1 Å². The summed E-state index contributed by atoms with van der Waals surface area (Å²) in [5, 5.41) is 2.67. The summed E-state index contributed by atoms with van der Waals surface area (Å²) in [6, 6.07) is 11.3. The van der Waals surface area contributed by atoms with Crippen LogP contribution in [0, 0.1) is 11.8 Å². The summed E-state index contributed by atoms with van der Waals surface area (Å²) in [5.41, 5.74) is 7.44. The number of nitrogen functional groups attached to an aromatic ring is 1. The molecule has 0 radical (unpaired) electrons. The van der Waals surface area contributed by atoms with Crippen LogP contribution >= 0.6 is 0 Å². The molecule has 0 bridgehead atoms. The van der Waals surface area contributed by atoms with Gasteiger partial charge in [-0.1, -0.05) is 30.3 Å². The largest absolute Gasteiger partial charge is 0.382 e. The van der Waals surface area contributed by atoms with Crippen LogP contribution < -0.4 is 11.1 Å². The van der Waals surface area contributed by atoms with E-state index < -0.39 is 11.8 Å². The number of nitrogens with two attached hydrogens (primary N) is 1. The standard InChI is InChI=1S/C19H14F2N4O/c20-14-9-12-11(6-7-23-19(12)26)8-13(14)16-18(22)25-17(21)15(24-16)10-4-2-1-3-5-10/h1-5,8-9H,6-7H2,(H2,22,25)(H,23,26). The van der Waals surface area contributed by atoms with E-state index in [0.717, 1.165) is 6.07 Å². The maximum absolute atomic E-state index is 14.7. The van der Waals surface area contributed by atoms with Crippen LogP contribution in [0.3, 0.4) is 0 Å². The van der Waals surface area contributed by atoms with Gasteiger partial charge in [0.25, 0.3) is 5.91 Å². The van der Waals surface area contributed by atoms with Gasteiger partial charge < -0.3 is 11.1 Å². The fourth-order valence-corrected chi connectivity index (χ4v) is 3.03. The normalized spacial score (nSPS) is 13.2. The third-order valence-electron chi connectivity index (χ3n) is 4.30. The molecule has 0 saturated heterocycles. The molecule has 7 heteroatoms. The molecule has 0 spiro atoms. The molecule has 1 aromatic heterocycles. The molecule has 4 rings (SSSR count). The van der Waals surface area contributed by atoms with Gasteiger partial charge in [-0.3, -0.25) is 4.79 Å².